The van der Waals surface area contributed by atoms with Gasteiger partial charge in [0.15, 0.2) is 0 Å². The van der Waals surface area contributed by atoms with E-state index >= 15 is 0 Å². The SMILES string of the molecule is C[B]c1ccc(CC(=O)NCc2cccc(F)c2)cc1. The van der Waals surface area contributed by atoms with Crippen molar-refractivity contribution < 1.29 is 9.18 Å². The molecule has 0 saturated heterocycles. The summed E-state index contributed by atoms with van der Waals surface area (Å²) in [6.45, 7) is 2.32. The molecule has 1 N–H and O–H groups in total. The molecule has 1 radical (unpaired) electrons. The number of benzene rings is 2. The maximum atomic E-state index is 13.0. The number of amides is 1. The Bertz CT molecular complexity index is 583. The molecule has 20 heavy (non-hydrogen) atoms. The van der Waals surface area contributed by atoms with Crippen LogP contribution in [0.5, 0.6) is 0 Å². The van der Waals surface area contributed by atoms with Gasteiger partial charge >= 0.3 is 0 Å². The maximum Gasteiger partial charge on any atom is 0.224 e. The summed E-state index contributed by atoms with van der Waals surface area (Å²) in [5.74, 6) is -0.356. The molecule has 0 saturated carbocycles. The highest BCUT2D eigenvalue weighted by atomic mass is 19.1. The lowest BCUT2D eigenvalue weighted by Crippen LogP contribution is -2.24. The van der Waals surface area contributed by atoms with E-state index in [1.165, 1.54) is 12.1 Å². The fraction of sp³-hybridized carbons (Fsp3) is 0.188. The Balaban J connectivity index is 1.85. The molecule has 0 spiro atoms. The molecule has 0 bridgehead atoms. The monoisotopic (exact) mass is 268 g/mol. The molecule has 0 atom stereocenters. The minimum absolute atomic E-state index is 0.0671. The Morgan fingerprint density at radius 3 is 2.55 bits per heavy atom. The van der Waals surface area contributed by atoms with Gasteiger partial charge in [0.25, 0.3) is 0 Å². The molecule has 0 heterocycles. The first kappa shape index (κ1) is 14.3. The van der Waals surface area contributed by atoms with E-state index in [9.17, 15) is 9.18 Å². The molecule has 2 aromatic rings. The van der Waals surface area contributed by atoms with Crippen molar-refractivity contribution in [2.24, 2.45) is 0 Å². The Kier molecular flexibility index (Phi) is 4.94. The van der Waals surface area contributed by atoms with E-state index in [0.717, 1.165) is 16.6 Å². The van der Waals surface area contributed by atoms with Crippen LogP contribution in [0.2, 0.25) is 6.82 Å². The molecule has 1 amide bonds. The van der Waals surface area contributed by atoms with Crippen LogP contribution in [0.4, 0.5) is 4.39 Å². The third-order valence-electron chi connectivity index (χ3n) is 3.06. The van der Waals surface area contributed by atoms with Crippen LogP contribution in [0.3, 0.4) is 0 Å². The second-order valence-corrected chi connectivity index (χ2v) is 4.61. The van der Waals surface area contributed by atoms with Gasteiger partial charge < -0.3 is 5.32 Å². The van der Waals surface area contributed by atoms with Crippen molar-refractivity contribution in [3.63, 3.8) is 0 Å². The number of halogens is 1. The van der Waals surface area contributed by atoms with Crippen molar-refractivity contribution in [3.8, 4) is 0 Å². The third-order valence-corrected chi connectivity index (χ3v) is 3.06. The molecule has 0 aliphatic carbocycles. The van der Waals surface area contributed by atoms with Crippen LogP contribution in [0, 0.1) is 5.82 Å². The number of nitrogens with one attached hydrogen (secondary N) is 1. The van der Waals surface area contributed by atoms with Crippen LogP contribution in [-0.4, -0.2) is 13.2 Å². The zero-order valence-electron chi connectivity index (χ0n) is 11.4. The second-order valence-electron chi connectivity index (χ2n) is 4.61. The Morgan fingerprint density at radius 1 is 1.15 bits per heavy atom. The molecule has 0 aliphatic heterocycles. The van der Waals surface area contributed by atoms with E-state index in [2.05, 4.69) is 5.32 Å². The van der Waals surface area contributed by atoms with Crippen LogP contribution >= 0.6 is 0 Å². The first-order valence-electron chi connectivity index (χ1n) is 6.57. The Hall–Kier alpha value is -2.10. The van der Waals surface area contributed by atoms with Crippen LogP contribution in [-0.2, 0) is 17.8 Å². The predicted molar refractivity (Wildman–Crippen MR) is 79.6 cm³/mol. The second kappa shape index (κ2) is 6.89. The van der Waals surface area contributed by atoms with E-state index in [0.29, 0.717) is 13.0 Å². The lowest BCUT2D eigenvalue weighted by Gasteiger charge is -2.06. The average Bonchev–Trinajstić information content (AvgIpc) is 2.46. The lowest BCUT2D eigenvalue weighted by atomic mass is 9.73. The summed E-state index contributed by atoms with van der Waals surface area (Å²) in [5, 5.41) is 2.79. The van der Waals surface area contributed by atoms with Gasteiger partial charge in [0, 0.05) is 6.54 Å². The van der Waals surface area contributed by atoms with E-state index < -0.39 is 0 Å². The first-order valence-corrected chi connectivity index (χ1v) is 6.57. The van der Waals surface area contributed by atoms with E-state index in [-0.39, 0.29) is 11.7 Å². The van der Waals surface area contributed by atoms with Gasteiger partial charge in [-0.15, -0.1) is 0 Å². The number of hydrogen-bond acceptors (Lipinski definition) is 1. The number of carbonyl (C=O) groups excluding carboxylic acids is 1. The lowest BCUT2D eigenvalue weighted by molar-refractivity contribution is -0.120. The molecule has 0 fully saturated rings. The van der Waals surface area contributed by atoms with Crippen molar-refractivity contribution >= 4 is 18.6 Å². The number of carbonyl (C=O) groups is 1. The van der Waals surface area contributed by atoms with Crippen LogP contribution < -0.4 is 10.8 Å². The van der Waals surface area contributed by atoms with Gasteiger partial charge in [0.2, 0.25) is 5.91 Å². The smallest absolute Gasteiger partial charge is 0.224 e. The fourth-order valence-electron chi connectivity index (χ4n) is 1.92. The van der Waals surface area contributed by atoms with Gasteiger partial charge in [0.05, 0.1) is 6.42 Å². The zero-order chi connectivity index (χ0) is 14.4. The minimum Gasteiger partial charge on any atom is -0.352 e. The van der Waals surface area contributed by atoms with Crippen LogP contribution in [0.1, 0.15) is 11.1 Å². The normalized spacial score (nSPS) is 10.1. The third kappa shape index (κ3) is 4.23. The summed E-state index contributed by atoms with van der Waals surface area (Å²) in [6.07, 6.45) is 0.333. The van der Waals surface area contributed by atoms with Crippen molar-refractivity contribution in [2.45, 2.75) is 19.8 Å². The Morgan fingerprint density at radius 2 is 1.90 bits per heavy atom. The van der Waals surface area contributed by atoms with Gasteiger partial charge in [-0.3, -0.25) is 4.79 Å². The van der Waals surface area contributed by atoms with Gasteiger partial charge in [-0.25, -0.2) is 4.39 Å². The molecule has 2 aromatic carbocycles. The Labute approximate surface area is 119 Å². The highest BCUT2D eigenvalue weighted by Gasteiger charge is 2.04. The standard InChI is InChI=1S/C16H16BFNO/c1-17-14-7-5-12(6-8-14)10-16(20)19-11-13-3-2-4-15(18)9-13/h2-9H,10-11H2,1H3,(H,19,20). The van der Waals surface area contributed by atoms with Crippen molar-refractivity contribution in [3.05, 3.63) is 65.5 Å². The molecule has 101 valence electrons. The summed E-state index contributed by atoms with van der Waals surface area (Å²) in [7, 11) is 2.01. The predicted octanol–water partition coefficient (Wildman–Crippen LogP) is 2.06. The molecule has 4 heteroatoms. The summed E-state index contributed by atoms with van der Waals surface area (Å²) in [5.41, 5.74) is 2.86. The van der Waals surface area contributed by atoms with Crippen LogP contribution in [0.25, 0.3) is 0 Å². The summed E-state index contributed by atoms with van der Waals surface area (Å²) < 4.78 is 13.0. The topological polar surface area (TPSA) is 29.1 Å². The molecule has 0 aliphatic rings. The quantitative estimate of drug-likeness (QED) is 0.826. The van der Waals surface area contributed by atoms with Gasteiger partial charge in [-0.05, 0) is 23.3 Å². The highest BCUT2D eigenvalue weighted by Crippen LogP contribution is 2.03. The molecule has 0 unspecified atom stereocenters. The van der Waals surface area contributed by atoms with E-state index in [4.69, 9.17) is 0 Å². The van der Waals surface area contributed by atoms with Crippen molar-refractivity contribution in [1.82, 2.24) is 5.32 Å². The van der Waals surface area contributed by atoms with Gasteiger partial charge in [-0.1, -0.05) is 48.7 Å². The summed E-state index contributed by atoms with van der Waals surface area (Å²) in [6, 6.07) is 14.1. The zero-order valence-corrected chi connectivity index (χ0v) is 11.4. The first-order chi connectivity index (χ1) is 9.67. The maximum absolute atomic E-state index is 13.0. The van der Waals surface area contributed by atoms with Gasteiger partial charge in [0.1, 0.15) is 13.1 Å². The molecular formula is C16H16BFNO. The average molecular weight is 268 g/mol. The summed E-state index contributed by atoms with van der Waals surface area (Å²) in [4.78, 5) is 11.8. The summed E-state index contributed by atoms with van der Waals surface area (Å²) >= 11 is 0. The molecule has 0 aromatic heterocycles. The largest absolute Gasteiger partial charge is 0.352 e. The fourth-order valence-corrected chi connectivity index (χ4v) is 1.92. The van der Waals surface area contributed by atoms with E-state index in [1.54, 1.807) is 12.1 Å². The van der Waals surface area contributed by atoms with Crippen molar-refractivity contribution in [1.29, 1.82) is 0 Å². The van der Waals surface area contributed by atoms with Crippen molar-refractivity contribution in [2.75, 3.05) is 0 Å². The number of rotatable bonds is 5. The molecule has 2 nitrogen and oxygen atoms in total. The minimum atomic E-state index is -0.289. The number of hydrogen-bond donors (Lipinski definition) is 1. The highest BCUT2D eigenvalue weighted by molar-refractivity contribution is 6.51. The molecule has 2 rings (SSSR count). The molecular weight excluding hydrogens is 252 g/mol. The van der Waals surface area contributed by atoms with Gasteiger partial charge in [-0.2, -0.15) is 0 Å². The van der Waals surface area contributed by atoms with E-state index in [1.807, 2.05) is 38.4 Å². The van der Waals surface area contributed by atoms with Crippen LogP contribution in [0.15, 0.2) is 48.5 Å².